The van der Waals surface area contributed by atoms with Crippen molar-refractivity contribution in [3.05, 3.63) is 29.6 Å². The summed E-state index contributed by atoms with van der Waals surface area (Å²) < 4.78 is 7.46. The Labute approximate surface area is 130 Å². The van der Waals surface area contributed by atoms with Gasteiger partial charge >= 0.3 is 5.97 Å². The molecule has 0 saturated heterocycles. The molecule has 116 valence electrons. The maximum Gasteiger partial charge on any atom is 0.341 e. The zero-order valence-corrected chi connectivity index (χ0v) is 13.7. The van der Waals surface area contributed by atoms with Crippen molar-refractivity contribution in [3.8, 4) is 6.07 Å². The number of aromatic nitrogens is 2. The molecule has 0 amide bonds. The molecule has 1 atom stereocenters. The van der Waals surface area contributed by atoms with Gasteiger partial charge in [0.1, 0.15) is 11.2 Å². The van der Waals surface area contributed by atoms with Crippen molar-refractivity contribution < 1.29 is 9.53 Å². The van der Waals surface area contributed by atoms with Crippen LogP contribution in [-0.4, -0.2) is 21.1 Å². The number of fused-ring (bicyclic) bond motifs is 1. The number of carbonyl (C=O) groups excluding carboxylic acids is 1. The van der Waals surface area contributed by atoms with Gasteiger partial charge in [-0.1, -0.05) is 0 Å². The number of ether oxygens (including phenoxy) is 1. The molecule has 0 aliphatic carbocycles. The van der Waals surface area contributed by atoms with Crippen LogP contribution in [-0.2, 0) is 4.74 Å². The van der Waals surface area contributed by atoms with Gasteiger partial charge in [-0.3, -0.25) is 0 Å². The first-order chi connectivity index (χ1) is 10.3. The van der Waals surface area contributed by atoms with Gasteiger partial charge in [0, 0.05) is 23.3 Å². The van der Waals surface area contributed by atoms with Crippen molar-refractivity contribution in [2.45, 2.75) is 52.7 Å². The van der Waals surface area contributed by atoms with Gasteiger partial charge in [-0.15, -0.1) is 0 Å². The number of hydrogen-bond donors (Lipinski definition) is 0. The Bertz CT molecular complexity index is 748. The largest absolute Gasteiger partial charge is 0.456 e. The molecular formula is C17H21N3O2. The van der Waals surface area contributed by atoms with E-state index in [0.29, 0.717) is 17.6 Å². The topological polar surface area (TPSA) is 67.9 Å². The average molecular weight is 299 g/mol. The Morgan fingerprint density at radius 3 is 2.77 bits per heavy atom. The summed E-state index contributed by atoms with van der Waals surface area (Å²) in [7, 11) is 0. The Hall–Kier alpha value is -2.35. The molecule has 2 heterocycles. The van der Waals surface area contributed by atoms with E-state index in [4.69, 9.17) is 10.00 Å². The fraction of sp³-hybridized carbons (Fsp3) is 0.471. The van der Waals surface area contributed by atoms with E-state index in [9.17, 15) is 4.79 Å². The lowest BCUT2D eigenvalue weighted by molar-refractivity contribution is 0.00707. The van der Waals surface area contributed by atoms with Crippen LogP contribution in [0.2, 0.25) is 0 Å². The molecule has 5 nitrogen and oxygen atoms in total. The van der Waals surface area contributed by atoms with E-state index in [1.165, 1.54) is 0 Å². The van der Waals surface area contributed by atoms with Crippen molar-refractivity contribution in [2.24, 2.45) is 0 Å². The molecule has 2 aromatic rings. The number of esters is 1. The quantitative estimate of drug-likeness (QED) is 0.809. The van der Waals surface area contributed by atoms with Gasteiger partial charge in [-0.2, -0.15) is 5.26 Å². The highest BCUT2D eigenvalue weighted by atomic mass is 16.6. The minimum Gasteiger partial charge on any atom is -0.456 e. The zero-order valence-electron chi connectivity index (χ0n) is 13.7. The number of rotatable bonds is 3. The molecule has 0 saturated carbocycles. The molecule has 0 N–H and O–H groups in total. The molecule has 2 rings (SSSR count). The summed E-state index contributed by atoms with van der Waals surface area (Å²) in [5, 5.41) is 9.72. The van der Waals surface area contributed by atoms with Crippen molar-refractivity contribution >= 4 is 17.0 Å². The number of hydrogen-bond acceptors (Lipinski definition) is 4. The maximum atomic E-state index is 12.6. The predicted molar refractivity (Wildman–Crippen MR) is 84.6 cm³/mol. The highest BCUT2D eigenvalue weighted by Crippen LogP contribution is 2.30. The van der Waals surface area contributed by atoms with Crippen LogP contribution in [0.1, 0.15) is 56.2 Å². The standard InChI is InChI=1S/C17H21N3O2/c1-11(8-9-18)20-12(2)14(16(21)22-17(3,4)5)13-7-6-10-19-15(13)20/h6-7,10-11H,8H2,1-5H3. The Kier molecular flexibility index (Phi) is 4.23. The molecule has 2 aromatic heterocycles. The van der Waals surface area contributed by atoms with Crippen LogP contribution in [0.15, 0.2) is 18.3 Å². The SMILES string of the molecule is Cc1c(C(=O)OC(C)(C)C)c2cccnc2n1C(C)CC#N. The molecule has 0 spiro atoms. The number of pyridine rings is 1. The third-order valence-corrected chi connectivity index (χ3v) is 3.44. The normalized spacial score (nSPS) is 12.9. The lowest BCUT2D eigenvalue weighted by Gasteiger charge is -2.20. The first-order valence-corrected chi connectivity index (χ1v) is 7.32. The van der Waals surface area contributed by atoms with Crippen molar-refractivity contribution in [2.75, 3.05) is 0 Å². The van der Waals surface area contributed by atoms with Crippen LogP contribution in [0.5, 0.6) is 0 Å². The lowest BCUT2D eigenvalue weighted by atomic mass is 10.1. The van der Waals surface area contributed by atoms with Gasteiger partial charge in [0.2, 0.25) is 0 Å². The van der Waals surface area contributed by atoms with Gasteiger partial charge in [-0.25, -0.2) is 9.78 Å². The second kappa shape index (κ2) is 5.80. The summed E-state index contributed by atoms with van der Waals surface area (Å²) in [6.07, 6.45) is 2.05. The molecule has 22 heavy (non-hydrogen) atoms. The minimum atomic E-state index is -0.557. The van der Waals surface area contributed by atoms with E-state index in [-0.39, 0.29) is 12.0 Å². The fourth-order valence-corrected chi connectivity index (χ4v) is 2.61. The van der Waals surface area contributed by atoms with E-state index in [1.54, 1.807) is 12.3 Å². The van der Waals surface area contributed by atoms with E-state index < -0.39 is 5.60 Å². The van der Waals surface area contributed by atoms with Crippen LogP contribution < -0.4 is 0 Å². The number of nitrogens with zero attached hydrogens (tertiary/aromatic N) is 3. The summed E-state index contributed by atoms with van der Waals surface area (Å²) in [6, 6.07) is 5.78. The zero-order chi connectivity index (χ0) is 16.5. The molecule has 5 heteroatoms. The monoisotopic (exact) mass is 299 g/mol. The van der Waals surface area contributed by atoms with Gasteiger partial charge in [-0.05, 0) is 46.8 Å². The Morgan fingerprint density at radius 1 is 1.50 bits per heavy atom. The fourth-order valence-electron chi connectivity index (χ4n) is 2.61. The van der Waals surface area contributed by atoms with Crippen molar-refractivity contribution in [1.29, 1.82) is 5.26 Å². The summed E-state index contributed by atoms with van der Waals surface area (Å²) in [5.74, 6) is -0.356. The van der Waals surface area contributed by atoms with E-state index >= 15 is 0 Å². The average Bonchev–Trinajstić information content (AvgIpc) is 2.69. The second-order valence-corrected chi connectivity index (χ2v) is 6.42. The van der Waals surface area contributed by atoms with E-state index in [1.807, 2.05) is 45.3 Å². The summed E-state index contributed by atoms with van der Waals surface area (Å²) in [6.45, 7) is 9.35. The van der Waals surface area contributed by atoms with Gasteiger partial charge < -0.3 is 9.30 Å². The van der Waals surface area contributed by atoms with Crippen LogP contribution in [0.3, 0.4) is 0 Å². The molecule has 0 aliphatic rings. The summed E-state index contributed by atoms with van der Waals surface area (Å²) in [5.41, 5.74) is 1.47. The molecule has 0 radical (unpaired) electrons. The summed E-state index contributed by atoms with van der Waals surface area (Å²) >= 11 is 0. The predicted octanol–water partition coefficient (Wildman–Crippen LogP) is 3.77. The smallest absolute Gasteiger partial charge is 0.341 e. The molecule has 0 aromatic carbocycles. The van der Waals surface area contributed by atoms with E-state index in [2.05, 4.69) is 11.1 Å². The molecule has 0 aliphatic heterocycles. The lowest BCUT2D eigenvalue weighted by Crippen LogP contribution is -2.24. The minimum absolute atomic E-state index is 0.0569. The first kappa shape index (κ1) is 16.0. The van der Waals surface area contributed by atoms with E-state index in [0.717, 1.165) is 11.1 Å². The van der Waals surface area contributed by atoms with Crippen molar-refractivity contribution in [3.63, 3.8) is 0 Å². The van der Waals surface area contributed by atoms with Gasteiger partial charge in [0.05, 0.1) is 18.1 Å². The van der Waals surface area contributed by atoms with Gasteiger partial charge in [0.15, 0.2) is 0 Å². The Morgan fingerprint density at radius 2 is 2.18 bits per heavy atom. The highest BCUT2D eigenvalue weighted by molar-refractivity contribution is 6.05. The molecule has 0 fully saturated rings. The molecule has 0 bridgehead atoms. The molecular weight excluding hydrogens is 278 g/mol. The van der Waals surface area contributed by atoms with Crippen LogP contribution in [0, 0.1) is 18.3 Å². The summed E-state index contributed by atoms with van der Waals surface area (Å²) in [4.78, 5) is 17.0. The van der Waals surface area contributed by atoms with Crippen molar-refractivity contribution in [1.82, 2.24) is 9.55 Å². The molecule has 1 unspecified atom stereocenters. The van der Waals surface area contributed by atoms with Crippen LogP contribution >= 0.6 is 0 Å². The third kappa shape index (κ3) is 2.96. The number of nitriles is 1. The van der Waals surface area contributed by atoms with Gasteiger partial charge in [0.25, 0.3) is 0 Å². The second-order valence-electron chi connectivity index (χ2n) is 6.42. The first-order valence-electron chi connectivity index (χ1n) is 7.32. The van der Waals surface area contributed by atoms with Crippen LogP contribution in [0.25, 0.3) is 11.0 Å². The highest BCUT2D eigenvalue weighted by Gasteiger charge is 2.26. The number of carbonyl (C=O) groups is 1. The Balaban J connectivity index is 2.63. The third-order valence-electron chi connectivity index (χ3n) is 3.44. The maximum absolute atomic E-state index is 12.6. The van der Waals surface area contributed by atoms with Crippen LogP contribution in [0.4, 0.5) is 0 Å².